The summed E-state index contributed by atoms with van der Waals surface area (Å²) in [7, 11) is 0. The molecule has 0 heterocycles. The van der Waals surface area contributed by atoms with Gasteiger partial charge in [-0.25, -0.2) is 4.39 Å². The molecule has 3 nitrogen and oxygen atoms in total. The highest BCUT2D eigenvalue weighted by atomic mass is 35.5. The predicted molar refractivity (Wildman–Crippen MR) is 65.7 cm³/mol. The third-order valence-electron chi connectivity index (χ3n) is 1.84. The van der Waals surface area contributed by atoms with Gasteiger partial charge in [-0.2, -0.15) is 0 Å². The first-order chi connectivity index (χ1) is 7.78. The average molecular weight is 260 g/mol. The zero-order valence-corrected chi connectivity index (χ0v) is 10.8. The smallest absolute Gasteiger partial charge is 0.250 e. The number of benzene rings is 1. The van der Waals surface area contributed by atoms with Gasteiger partial charge in [-0.3, -0.25) is 4.79 Å². The lowest BCUT2D eigenvalue weighted by molar-refractivity contribution is -0.125. The second-order valence-corrected chi connectivity index (χ2v) is 5.01. The number of rotatable bonds is 3. The Hall–Kier alpha value is -1.13. The van der Waals surface area contributed by atoms with Crippen LogP contribution in [0, 0.1) is 5.82 Å². The minimum Gasteiger partial charge on any atom is -0.366 e. The second-order valence-electron chi connectivity index (χ2n) is 4.57. The van der Waals surface area contributed by atoms with E-state index in [1.807, 2.05) is 20.8 Å². The van der Waals surface area contributed by atoms with Crippen LogP contribution < -0.4 is 5.32 Å². The van der Waals surface area contributed by atoms with E-state index >= 15 is 0 Å². The number of ether oxygens (including phenoxy) is 1. The number of carbonyl (C=O) groups is 1. The highest BCUT2D eigenvalue weighted by Crippen LogP contribution is 2.19. The molecule has 0 radical (unpaired) electrons. The maximum absolute atomic E-state index is 13.3. The molecule has 1 rings (SSSR count). The lowest BCUT2D eigenvalue weighted by Gasteiger charge is -2.19. The van der Waals surface area contributed by atoms with E-state index in [0.717, 1.165) is 0 Å². The van der Waals surface area contributed by atoms with Crippen molar-refractivity contribution in [2.45, 2.75) is 26.4 Å². The molecule has 5 heteroatoms. The molecule has 0 atom stereocenters. The van der Waals surface area contributed by atoms with Crippen molar-refractivity contribution < 1.29 is 13.9 Å². The molecule has 0 fully saturated rings. The van der Waals surface area contributed by atoms with E-state index in [2.05, 4.69) is 5.32 Å². The summed E-state index contributed by atoms with van der Waals surface area (Å²) in [5.74, 6) is -0.945. The van der Waals surface area contributed by atoms with E-state index in [4.69, 9.17) is 16.3 Å². The molecule has 1 N–H and O–H groups in total. The molecular weight excluding hydrogens is 245 g/mol. The fourth-order valence-corrected chi connectivity index (χ4v) is 1.23. The fourth-order valence-electron chi connectivity index (χ4n) is 1.06. The third-order valence-corrected chi connectivity index (χ3v) is 2.07. The number of nitrogens with one attached hydrogen (secondary N) is 1. The van der Waals surface area contributed by atoms with Crippen LogP contribution in [0.25, 0.3) is 0 Å². The lowest BCUT2D eigenvalue weighted by Crippen LogP contribution is -2.27. The Bertz CT molecular complexity index is 415. The van der Waals surface area contributed by atoms with Crippen molar-refractivity contribution >= 4 is 23.2 Å². The van der Waals surface area contributed by atoms with Gasteiger partial charge in [0, 0.05) is 5.02 Å². The third kappa shape index (κ3) is 5.15. The summed E-state index contributed by atoms with van der Waals surface area (Å²) < 4.78 is 18.6. The molecule has 0 aromatic heterocycles. The number of hydrogen-bond acceptors (Lipinski definition) is 2. The number of anilines is 1. The standard InChI is InChI=1S/C12H15ClFNO2/c1-12(2,3)17-7-11(16)15-10-6-8(13)4-5-9(10)14/h4-6H,7H2,1-3H3,(H,15,16). The summed E-state index contributed by atoms with van der Waals surface area (Å²) in [5, 5.41) is 2.76. The Morgan fingerprint density at radius 1 is 1.47 bits per heavy atom. The fraction of sp³-hybridized carbons (Fsp3) is 0.417. The highest BCUT2D eigenvalue weighted by molar-refractivity contribution is 6.30. The monoisotopic (exact) mass is 259 g/mol. The summed E-state index contributed by atoms with van der Waals surface area (Å²) in [6, 6.07) is 3.96. The van der Waals surface area contributed by atoms with Crippen LogP contribution in [0.3, 0.4) is 0 Å². The minimum absolute atomic E-state index is 0.0556. The number of halogens is 2. The van der Waals surface area contributed by atoms with E-state index < -0.39 is 17.3 Å². The molecule has 1 aromatic carbocycles. The van der Waals surface area contributed by atoms with Crippen LogP contribution >= 0.6 is 11.6 Å². The first-order valence-corrected chi connectivity index (χ1v) is 5.54. The molecular formula is C12H15ClFNO2. The molecule has 17 heavy (non-hydrogen) atoms. The van der Waals surface area contributed by atoms with E-state index in [1.165, 1.54) is 18.2 Å². The van der Waals surface area contributed by atoms with Crippen LogP contribution in [0.15, 0.2) is 18.2 Å². The average Bonchev–Trinajstić information content (AvgIpc) is 2.20. The topological polar surface area (TPSA) is 38.3 Å². The van der Waals surface area contributed by atoms with E-state index in [0.29, 0.717) is 5.02 Å². The Labute approximate surface area is 105 Å². The van der Waals surface area contributed by atoms with Gasteiger partial charge in [0.1, 0.15) is 12.4 Å². The predicted octanol–water partition coefficient (Wildman–Crippen LogP) is 3.23. The zero-order valence-electron chi connectivity index (χ0n) is 10.0. The molecule has 1 aromatic rings. The van der Waals surface area contributed by atoms with Gasteiger partial charge < -0.3 is 10.1 Å². The van der Waals surface area contributed by atoms with Crippen molar-refractivity contribution in [2.24, 2.45) is 0 Å². The molecule has 1 amide bonds. The summed E-state index contributed by atoms with van der Waals surface area (Å²) in [6.07, 6.45) is 0. The molecule has 0 bridgehead atoms. The van der Waals surface area contributed by atoms with Crippen LogP contribution in [0.1, 0.15) is 20.8 Å². The molecule has 0 aliphatic rings. The molecule has 0 spiro atoms. The first kappa shape index (κ1) is 13.9. The van der Waals surface area contributed by atoms with Crippen molar-refractivity contribution in [1.29, 1.82) is 0 Å². The maximum Gasteiger partial charge on any atom is 0.250 e. The van der Waals surface area contributed by atoms with Gasteiger partial charge in [-0.1, -0.05) is 11.6 Å². The molecule has 0 aliphatic carbocycles. The van der Waals surface area contributed by atoms with Gasteiger partial charge >= 0.3 is 0 Å². The molecule has 0 saturated carbocycles. The van der Waals surface area contributed by atoms with Gasteiger partial charge in [0.05, 0.1) is 11.3 Å². The SMILES string of the molecule is CC(C)(C)OCC(=O)Nc1cc(Cl)ccc1F. The van der Waals surface area contributed by atoms with Crippen LogP contribution in [0.5, 0.6) is 0 Å². The number of carbonyl (C=O) groups excluding carboxylic acids is 1. The quantitative estimate of drug-likeness (QED) is 0.905. The van der Waals surface area contributed by atoms with E-state index in [9.17, 15) is 9.18 Å². The second kappa shape index (κ2) is 5.47. The largest absolute Gasteiger partial charge is 0.366 e. The van der Waals surface area contributed by atoms with Gasteiger partial charge in [0.15, 0.2) is 0 Å². The van der Waals surface area contributed by atoms with Crippen LogP contribution in [-0.4, -0.2) is 18.1 Å². The number of amides is 1. The summed E-state index contributed by atoms with van der Waals surface area (Å²) in [5.41, 5.74) is -0.357. The summed E-state index contributed by atoms with van der Waals surface area (Å²) in [6.45, 7) is 5.37. The number of hydrogen-bond donors (Lipinski definition) is 1. The van der Waals surface area contributed by atoms with E-state index in [1.54, 1.807) is 0 Å². The Morgan fingerprint density at radius 3 is 2.71 bits per heavy atom. The van der Waals surface area contributed by atoms with Crippen molar-refractivity contribution in [3.8, 4) is 0 Å². The van der Waals surface area contributed by atoms with Gasteiger partial charge in [-0.15, -0.1) is 0 Å². The Balaban J connectivity index is 2.59. The Kier molecular flexibility index (Phi) is 4.48. The molecule has 0 saturated heterocycles. The summed E-state index contributed by atoms with van der Waals surface area (Å²) in [4.78, 5) is 11.5. The van der Waals surface area contributed by atoms with Crippen LogP contribution in [-0.2, 0) is 9.53 Å². The molecule has 94 valence electrons. The molecule has 0 aliphatic heterocycles. The van der Waals surface area contributed by atoms with E-state index in [-0.39, 0.29) is 12.3 Å². The van der Waals surface area contributed by atoms with Crippen molar-refractivity contribution in [3.63, 3.8) is 0 Å². The maximum atomic E-state index is 13.3. The Morgan fingerprint density at radius 2 is 2.12 bits per heavy atom. The van der Waals surface area contributed by atoms with Crippen molar-refractivity contribution in [3.05, 3.63) is 29.0 Å². The summed E-state index contributed by atoms with van der Waals surface area (Å²) >= 11 is 5.70. The minimum atomic E-state index is -0.529. The lowest BCUT2D eigenvalue weighted by atomic mass is 10.2. The first-order valence-electron chi connectivity index (χ1n) is 5.17. The molecule has 0 unspecified atom stereocenters. The zero-order chi connectivity index (χ0) is 13.1. The van der Waals surface area contributed by atoms with Crippen LogP contribution in [0.4, 0.5) is 10.1 Å². The highest BCUT2D eigenvalue weighted by Gasteiger charge is 2.14. The normalized spacial score (nSPS) is 11.4. The van der Waals surface area contributed by atoms with Gasteiger partial charge in [0.25, 0.3) is 0 Å². The van der Waals surface area contributed by atoms with Gasteiger partial charge in [-0.05, 0) is 39.0 Å². The van der Waals surface area contributed by atoms with Gasteiger partial charge in [0.2, 0.25) is 5.91 Å². The van der Waals surface area contributed by atoms with Crippen LogP contribution in [0.2, 0.25) is 5.02 Å². The van der Waals surface area contributed by atoms with Crippen molar-refractivity contribution in [1.82, 2.24) is 0 Å². The van der Waals surface area contributed by atoms with Crippen molar-refractivity contribution in [2.75, 3.05) is 11.9 Å².